The molecule has 5 heteroatoms. The molecule has 0 fully saturated rings. The molecule has 0 unspecified atom stereocenters. The standard InChI is InChI=1S/C13H19N3O2/c1-13(2,3)9-4-6-10(7-5-9)15-8-11(17)16-12(14)18/h4-7,15H,8H2,1-3H3,(H3,14,16,17,18). The lowest BCUT2D eigenvalue weighted by Gasteiger charge is -2.19. The molecule has 3 amide bonds. The van der Waals surface area contributed by atoms with Gasteiger partial charge in [-0.3, -0.25) is 10.1 Å². The second kappa shape index (κ2) is 5.53. The summed E-state index contributed by atoms with van der Waals surface area (Å²) in [5.41, 5.74) is 6.97. The molecule has 0 heterocycles. The lowest BCUT2D eigenvalue weighted by Crippen LogP contribution is -2.38. The van der Waals surface area contributed by atoms with Crippen molar-refractivity contribution < 1.29 is 9.59 Å². The Morgan fingerprint density at radius 3 is 2.17 bits per heavy atom. The Morgan fingerprint density at radius 2 is 1.72 bits per heavy atom. The van der Waals surface area contributed by atoms with E-state index in [1.54, 1.807) is 0 Å². The SMILES string of the molecule is CC(C)(C)c1ccc(NCC(=O)NC(N)=O)cc1. The van der Waals surface area contributed by atoms with Gasteiger partial charge in [-0.15, -0.1) is 0 Å². The molecule has 0 aliphatic heterocycles. The Kier molecular flexibility index (Phi) is 4.31. The Hall–Kier alpha value is -2.04. The summed E-state index contributed by atoms with van der Waals surface area (Å²) in [6.07, 6.45) is 0. The molecule has 0 aromatic heterocycles. The Morgan fingerprint density at radius 1 is 1.17 bits per heavy atom. The number of nitrogens with one attached hydrogen (secondary N) is 2. The second-order valence-corrected chi connectivity index (χ2v) is 5.09. The lowest BCUT2D eigenvalue weighted by molar-refractivity contribution is -0.118. The van der Waals surface area contributed by atoms with Crippen molar-refractivity contribution in [3.63, 3.8) is 0 Å². The molecule has 1 aromatic carbocycles. The van der Waals surface area contributed by atoms with Crippen molar-refractivity contribution in [2.24, 2.45) is 5.73 Å². The molecule has 0 saturated carbocycles. The molecule has 4 N–H and O–H groups in total. The van der Waals surface area contributed by atoms with Gasteiger partial charge >= 0.3 is 6.03 Å². The number of nitrogens with two attached hydrogens (primary N) is 1. The van der Waals surface area contributed by atoms with E-state index in [4.69, 9.17) is 5.73 Å². The molecule has 0 aliphatic carbocycles. The van der Waals surface area contributed by atoms with Gasteiger partial charge in [-0.25, -0.2) is 4.79 Å². The van der Waals surface area contributed by atoms with Gasteiger partial charge in [0.15, 0.2) is 0 Å². The van der Waals surface area contributed by atoms with Gasteiger partial charge in [0.05, 0.1) is 6.54 Å². The predicted molar refractivity (Wildman–Crippen MR) is 71.4 cm³/mol. The fourth-order valence-corrected chi connectivity index (χ4v) is 1.45. The van der Waals surface area contributed by atoms with Crippen LogP contribution in [0.25, 0.3) is 0 Å². The molecule has 0 bridgehead atoms. The molecule has 0 aliphatic rings. The third kappa shape index (κ3) is 4.45. The van der Waals surface area contributed by atoms with Crippen LogP contribution in [-0.4, -0.2) is 18.5 Å². The van der Waals surface area contributed by atoms with Crippen LogP contribution < -0.4 is 16.4 Å². The molecular formula is C13H19N3O2. The van der Waals surface area contributed by atoms with Crippen LogP contribution in [0.1, 0.15) is 26.3 Å². The van der Waals surface area contributed by atoms with Crippen LogP contribution in [0.4, 0.5) is 10.5 Å². The quantitative estimate of drug-likeness (QED) is 0.760. The number of imide groups is 1. The van der Waals surface area contributed by atoms with Gasteiger partial charge in [0.25, 0.3) is 0 Å². The van der Waals surface area contributed by atoms with Gasteiger partial charge in [-0.05, 0) is 23.1 Å². The number of primary amides is 1. The van der Waals surface area contributed by atoms with E-state index in [-0.39, 0.29) is 12.0 Å². The summed E-state index contributed by atoms with van der Waals surface area (Å²) in [5, 5.41) is 4.89. The molecule has 0 radical (unpaired) electrons. The van der Waals surface area contributed by atoms with Crippen molar-refractivity contribution in [3.8, 4) is 0 Å². The first-order chi connectivity index (χ1) is 8.29. The van der Waals surface area contributed by atoms with Crippen molar-refractivity contribution in [2.75, 3.05) is 11.9 Å². The van der Waals surface area contributed by atoms with Crippen molar-refractivity contribution in [1.82, 2.24) is 5.32 Å². The maximum absolute atomic E-state index is 11.2. The second-order valence-electron chi connectivity index (χ2n) is 5.09. The van der Waals surface area contributed by atoms with E-state index in [1.807, 2.05) is 29.6 Å². The number of hydrogen-bond donors (Lipinski definition) is 3. The van der Waals surface area contributed by atoms with E-state index in [9.17, 15) is 9.59 Å². The van der Waals surface area contributed by atoms with E-state index in [2.05, 4.69) is 26.1 Å². The lowest BCUT2D eigenvalue weighted by atomic mass is 9.87. The summed E-state index contributed by atoms with van der Waals surface area (Å²) in [6.45, 7) is 6.42. The van der Waals surface area contributed by atoms with Crippen molar-refractivity contribution >= 4 is 17.6 Å². The van der Waals surface area contributed by atoms with Crippen LogP contribution in [0.3, 0.4) is 0 Å². The molecule has 1 aromatic rings. The Balaban J connectivity index is 2.54. The first kappa shape index (κ1) is 14.0. The number of urea groups is 1. The monoisotopic (exact) mass is 249 g/mol. The van der Waals surface area contributed by atoms with E-state index in [0.29, 0.717) is 0 Å². The molecule has 0 saturated heterocycles. The highest BCUT2D eigenvalue weighted by molar-refractivity contribution is 5.95. The normalized spacial score (nSPS) is 10.8. The maximum Gasteiger partial charge on any atom is 0.318 e. The molecular weight excluding hydrogens is 230 g/mol. The Bertz CT molecular complexity index is 433. The zero-order valence-corrected chi connectivity index (χ0v) is 10.9. The van der Waals surface area contributed by atoms with Gasteiger partial charge < -0.3 is 11.1 Å². The van der Waals surface area contributed by atoms with Crippen LogP contribution in [0.5, 0.6) is 0 Å². The van der Waals surface area contributed by atoms with Crippen molar-refractivity contribution in [1.29, 1.82) is 0 Å². The minimum absolute atomic E-state index is 0.0117. The number of benzene rings is 1. The number of anilines is 1. The third-order valence-corrected chi connectivity index (χ3v) is 2.47. The van der Waals surface area contributed by atoms with E-state index in [1.165, 1.54) is 5.56 Å². The highest BCUT2D eigenvalue weighted by Crippen LogP contribution is 2.23. The minimum atomic E-state index is -0.843. The molecule has 0 spiro atoms. The van der Waals surface area contributed by atoms with E-state index >= 15 is 0 Å². The number of amides is 3. The molecule has 0 atom stereocenters. The van der Waals surface area contributed by atoms with Crippen LogP contribution in [0, 0.1) is 0 Å². The number of hydrogen-bond acceptors (Lipinski definition) is 3. The first-order valence-electron chi connectivity index (χ1n) is 5.73. The third-order valence-electron chi connectivity index (χ3n) is 2.47. The predicted octanol–water partition coefficient (Wildman–Crippen LogP) is 1.59. The van der Waals surface area contributed by atoms with Crippen LogP contribution >= 0.6 is 0 Å². The zero-order valence-electron chi connectivity index (χ0n) is 10.9. The van der Waals surface area contributed by atoms with Gasteiger partial charge in [-0.1, -0.05) is 32.9 Å². The average molecular weight is 249 g/mol. The van der Waals surface area contributed by atoms with Gasteiger partial charge in [0, 0.05) is 5.69 Å². The molecule has 5 nitrogen and oxygen atoms in total. The minimum Gasteiger partial charge on any atom is -0.376 e. The van der Waals surface area contributed by atoms with Crippen LogP contribution in [-0.2, 0) is 10.2 Å². The summed E-state index contributed by atoms with van der Waals surface area (Å²) < 4.78 is 0. The molecule has 98 valence electrons. The van der Waals surface area contributed by atoms with Gasteiger partial charge in [0.2, 0.25) is 5.91 Å². The van der Waals surface area contributed by atoms with E-state index < -0.39 is 11.9 Å². The molecule has 18 heavy (non-hydrogen) atoms. The number of carbonyl (C=O) groups excluding carboxylic acids is 2. The topological polar surface area (TPSA) is 84.2 Å². The average Bonchev–Trinajstić information content (AvgIpc) is 2.25. The van der Waals surface area contributed by atoms with Crippen molar-refractivity contribution in [3.05, 3.63) is 29.8 Å². The first-order valence-corrected chi connectivity index (χ1v) is 5.73. The smallest absolute Gasteiger partial charge is 0.318 e. The highest BCUT2D eigenvalue weighted by atomic mass is 16.2. The summed E-state index contributed by atoms with van der Waals surface area (Å²) >= 11 is 0. The van der Waals surface area contributed by atoms with Gasteiger partial charge in [0.1, 0.15) is 0 Å². The van der Waals surface area contributed by atoms with E-state index in [0.717, 1.165) is 5.69 Å². The highest BCUT2D eigenvalue weighted by Gasteiger charge is 2.12. The maximum atomic E-state index is 11.2. The van der Waals surface area contributed by atoms with Crippen LogP contribution in [0.15, 0.2) is 24.3 Å². The molecule has 1 rings (SSSR count). The summed E-state index contributed by atoms with van der Waals surface area (Å²) in [7, 11) is 0. The summed E-state index contributed by atoms with van der Waals surface area (Å²) in [6, 6.07) is 6.98. The number of rotatable bonds is 3. The van der Waals surface area contributed by atoms with Crippen molar-refractivity contribution in [2.45, 2.75) is 26.2 Å². The van der Waals surface area contributed by atoms with Crippen LogP contribution in [0.2, 0.25) is 0 Å². The van der Waals surface area contributed by atoms with Gasteiger partial charge in [-0.2, -0.15) is 0 Å². The zero-order chi connectivity index (χ0) is 13.8. The fraction of sp³-hybridized carbons (Fsp3) is 0.385. The summed E-state index contributed by atoms with van der Waals surface area (Å²) in [4.78, 5) is 21.6. The number of carbonyl (C=O) groups is 2. The largest absolute Gasteiger partial charge is 0.376 e. The fourth-order valence-electron chi connectivity index (χ4n) is 1.45. The summed E-state index contributed by atoms with van der Waals surface area (Å²) in [5.74, 6) is -0.456. The Labute approximate surface area is 107 Å².